The third-order valence-electron chi connectivity index (χ3n) is 2.97. The summed E-state index contributed by atoms with van der Waals surface area (Å²) in [5.41, 5.74) is 3.38. The first-order valence-corrected chi connectivity index (χ1v) is 6.74. The predicted molar refractivity (Wildman–Crippen MR) is 76.5 cm³/mol. The van der Waals surface area contributed by atoms with E-state index in [1.54, 1.807) is 18.7 Å². The van der Waals surface area contributed by atoms with Crippen molar-refractivity contribution in [1.29, 1.82) is 0 Å². The fraction of sp³-hybridized carbons (Fsp3) is 0.188. The van der Waals surface area contributed by atoms with E-state index in [9.17, 15) is 4.79 Å². The van der Waals surface area contributed by atoms with Gasteiger partial charge in [-0.05, 0) is 56.2 Å². The minimum absolute atomic E-state index is 0.109. The van der Waals surface area contributed by atoms with E-state index in [4.69, 9.17) is 0 Å². The molecule has 0 aliphatic heterocycles. The molecule has 0 saturated heterocycles. The average Bonchev–Trinajstić information content (AvgIpc) is 2.34. The molecule has 18 heavy (non-hydrogen) atoms. The second-order valence-corrected chi connectivity index (χ2v) is 5.58. The lowest BCUT2D eigenvalue weighted by Gasteiger charge is -2.05. The zero-order valence-electron chi connectivity index (χ0n) is 10.9. The van der Waals surface area contributed by atoms with Gasteiger partial charge < -0.3 is 0 Å². The quantitative estimate of drug-likeness (QED) is 0.743. The van der Waals surface area contributed by atoms with Crippen LogP contribution in [0.4, 0.5) is 0 Å². The molecule has 2 rings (SSSR count). The van der Waals surface area contributed by atoms with Gasteiger partial charge in [0.1, 0.15) is 0 Å². The summed E-state index contributed by atoms with van der Waals surface area (Å²) >= 11 is 1.72. The van der Waals surface area contributed by atoms with E-state index in [0.717, 1.165) is 10.5 Å². The van der Waals surface area contributed by atoms with Crippen molar-refractivity contribution < 1.29 is 4.79 Å². The Hall–Kier alpha value is -1.54. The van der Waals surface area contributed by atoms with E-state index in [1.165, 1.54) is 16.0 Å². The molecule has 0 spiro atoms. The van der Waals surface area contributed by atoms with Crippen LogP contribution < -0.4 is 0 Å². The summed E-state index contributed by atoms with van der Waals surface area (Å²) in [6.07, 6.45) is 0. The third kappa shape index (κ3) is 3.02. The number of Topliss-reactive ketones (excluding diaryl/α,β-unsaturated/α-hetero) is 1. The topological polar surface area (TPSA) is 17.1 Å². The molecule has 0 atom stereocenters. The lowest BCUT2D eigenvalue weighted by Crippen LogP contribution is -1.90. The number of carbonyl (C=O) groups excluding carboxylic acids is 1. The largest absolute Gasteiger partial charge is 0.295 e. The summed E-state index contributed by atoms with van der Waals surface area (Å²) in [7, 11) is 0. The summed E-state index contributed by atoms with van der Waals surface area (Å²) in [6.45, 7) is 5.83. The van der Waals surface area contributed by atoms with E-state index in [0.29, 0.717) is 0 Å². The third-order valence-corrected chi connectivity index (χ3v) is 3.97. The van der Waals surface area contributed by atoms with Gasteiger partial charge in [-0.1, -0.05) is 30.0 Å². The highest BCUT2D eigenvalue weighted by Gasteiger charge is 2.02. The first-order chi connectivity index (χ1) is 8.56. The SMILES string of the molecule is CC(=O)c1ccc(Sc2ccc(C)c(C)c2)cc1. The van der Waals surface area contributed by atoms with E-state index in [-0.39, 0.29) is 5.78 Å². The number of hydrogen-bond donors (Lipinski definition) is 0. The van der Waals surface area contributed by atoms with Gasteiger partial charge in [0.2, 0.25) is 0 Å². The number of hydrogen-bond acceptors (Lipinski definition) is 2. The molecule has 0 aliphatic rings. The van der Waals surface area contributed by atoms with Gasteiger partial charge in [-0.3, -0.25) is 4.79 Å². The standard InChI is InChI=1S/C16H16OS/c1-11-4-7-16(10-12(11)2)18-15-8-5-14(6-9-15)13(3)17/h4-10H,1-3H3. The highest BCUT2D eigenvalue weighted by molar-refractivity contribution is 7.99. The van der Waals surface area contributed by atoms with Crippen molar-refractivity contribution in [3.8, 4) is 0 Å². The maximum atomic E-state index is 11.2. The zero-order valence-corrected chi connectivity index (χ0v) is 11.7. The van der Waals surface area contributed by atoms with Crippen LogP contribution in [0, 0.1) is 13.8 Å². The minimum Gasteiger partial charge on any atom is -0.295 e. The van der Waals surface area contributed by atoms with Crippen LogP contribution in [0.3, 0.4) is 0 Å². The van der Waals surface area contributed by atoms with Crippen molar-refractivity contribution in [1.82, 2.24) is 0 Å². The maximum Gasteiger partial charge on any atom is 0.159 e. The Morgan fingerprint density at radius 3 is 2.06 bits per heavy atom. The number of ketones is 1. The Balaban J connectivity index is 2.18. The maximum absolute atomic E-state index is 11.2. The van der Waals surface area contributed by atoms with Crippen LogP contribution in [-0.4, -0.2) is 5.78 Å². The summed E-state index contributed by atoms with van der Waals surface area (Å²) in [4.78, 5) is 13.6. The first kappa shape index (κ1) is 12.9. The molecule has 0 N–H and O–H groups in total. The molecule has 0 bridgehead atoms. The van der Waals surface area contributed by atoms with Gasteiger partial charge in [0.05, 0.1) is 0 Å². The molecular weight excluding hydrogens is 240 g/mol. The molecule has 2 heteroatoms. The fourth-order valence-corrected chi connectivity index (χ4v) is 2.59. The molecule has 0 amide bonds. The number of carbonyl (C=O) groups is 1. The monoisotopic (exact) mass is 256 g/mol. The Labute approximate surface area is 112 Å². The summed E-state index contributed by atoms with van der Waals surface area (Å²) in [5.74, 6) is 0.109. The minimum atomic E-state index is 0.109. The normalized spacial score (nSPS) is 10.4. The second kappa shape index (κ2) is 5.40. The van der Waals surface area contributed by atoms with Crippen LogP contribution in [0.25, 0.3) is 0 Å². The second-order valence-electron chi connectivity index (χ2n) is 4.43. The predicted octanol–water partition coefficient (Wildman–Crippen LogP) is 4.66. The van der Waals surface area contributed by atoms with E-state index >= 15 is 0 Å². The van der Waals surface area contributed by atoms with Crippen molar-refractivity contribution in [2.75, 3.05) is 0 Å². The van der Waals surface area contributed by atoms with Gasteiger partial charge in [-0.2, -0.15) is 0 Å². The highest BCUT2D eigenvalue weighted by Crippen LogP contribution is 2.29. The Morgan fingerprint density at radius 2 is 1.50 bits per heavy atom. The molecule has 0 radical (unpaired) electrons. The first-order valence-electron chi connectivity index (χ1n) is 5.92. The van der Waals surface area contributed by atoms with Gasteiger partial charge in [-0.15, -0.1) is 0 Å². The smallest absolute Gasteiger partial charge is 0.159 e. The van der Waals surface area contributed by atoms with Crippen LogP contribution in [0.1, 0.15) is 28.4 Å². The van der Waals surface area contributed by atoms with Crippen LogP contribution >= 0.6 is 11.8 Å². The average molecular weight is 256 g/mol. The van der Waals surface area contributed by atoms with Gasteiger partial charge in [0.25, 0.3) is 0 Å². The summed E-state index contributed by atoms with van der Waals surface area (Å²) < 4.78 is 0. The highest BCUT2D eigenvalue weighted by atomic mass is 32.2. The zero-order chi connectivity index (χ0) is 13.1. The van der Waals surface area contributed by atoms with Crippen molar-refractivity contribution in [2.45, 2.75) is 30.6 Å². The molecule has 0 aromatic heterocycles. The van der Waals surface area contributed by atoms with Crippen molar-refractivity contribution in [3.05, 3.63) is 59.2 Å². The number of rotatable bonds is 3. The van der Waals surface area contributed by atoms with Crippen LogP contribution in [0.2, 0.25) is 0 Å². The van der Waals surface area contributed by atoms with Crippen molar-refractivity contribution in [3.63, 3.8) is 0 Å². The summed E-state index contributed by atoms with van der Waals surface area (Å²) in [5, 5.41) is 0. The van der Waals surface area contributed by atoms with Crippen LogP contribution in [0.15, 0.2) is 52.3 Å². The Bertz CT molecular complexity index is 570. The molecule has 2 aromatic carbocycles. The molecule has 2 aromatic rings. The van der Waals surface area contributed by atoms with Crippen LogP contribution in [-0.2, 0) is 0 Å². The van der Waals surface area contributed by atoms with Gasteiger partial charge >= 0.3 is 0 Å². The van der Waals surface area contributed by atoms with Crippen molar-refractivity contribution >= 4 is 17.5 Å². The fourth-order valence-electron chi connectivity index (χ4n) is 1.67. The van der Waals surface area contributed by atoms with Crippen LogP contribution in [0.5, 0.6) is 0 Å². The molecule has 0 heterocycles. The molecule has 0 saturated carbocycles. The molecular formula is C16H16OS. The molecule has 0 aliphatic carbocycles. The molecule has 1 nitrogen and oxygen atoms in total. The Morgan fingerprint density at radius 1 is 0.889 bits per heavy atom. The van der Waals surface area contributed by atoms with Gasteiger partial charge in [0, 0.05) is 15.4 Å². The van der Waals surface area contributed by atoms with Gasteiger partial charge in [-0.25, -0.2) is 0 Å². The van der Waals surface area contributed by atoms with E-state index in [2.05, 4.69) is 32.0 Å². The lowest BCUT2D eigenvalue weighted by molar-refractivity contribution is 0.101. The van der Waals surface area contributed by atoms with Gasteiger partial charge in [0.15, 0.2) is 5.78 Å². The molecule has 92 valence electrons. The lowest BCUT2D eigenvalue weighted by atomic mass is 10.1. The number of benzene rings is 2. The van der Waals surface area contributed by atoms with Crippen molar-refractivity contribution in [2.24, 2.45) is 0 Å². The van der Waals surface area contributed by atoms with E-state index < -0.39 is 0 Å². The Kier molecular flexibility index (Phi) is 3.87. The molecule has 0 fully saturated rings. The number of aryl methyl sites for hydroxylation is 2. The summed E-state index contributed by atoms with van der Waals surface area (Å²) in [6, 6.07) is 14.2. The van der Waals surface area contributed by atoms with E-state index in [1.807, 2.05) is 24.3 Å². The molecule has 0 unspecified atom stereocenters.